The van der Waals surface area contributed by atoms with Gasteiger partial charge in [-0.3, -0.25) is 4.79 Å². The maximum atomic E-state index is 11.6. The molecule has 1 aromatic carbocycles. The van der Waals surface area contributed by atoms with E-state index in [4.69, 9.17) is 5.21 Å². The molecule has 5 heteroatoms. The van der Waals surface area contributed by atoms with E-state index in [-0.39, 0.29) is 17.0 Å². The van der Waals surface area contributed by atoms with E-state index in [1.165, 1.54) is 6.92 Å². The lowest BCUT2D eigenvalue weighted by atomic mass is 10.1. The van der Waals surface area contributed by atoms with Crippen LogP contribution in [0.1, 0.15) is 12.5 Å². The molecule has 82 valence electrons. The average molecular weight is 218 g/mol. The molecule has 0 unspecified atom stereocenters. The third kappa shape index (κ3) is 1.42. The van der Waals surface area contributed by atoms with Gasteiger partial charge in [0.25, 0.3) is 5.56 Å². The fourth-order valence-electron chi connectivity index (χ4n) is 1.61. The lowest BCUT2D eigenvalue weighted by Gasteiger charge is -2.05. The lowest BCUT2D eigenvalue weighted by molar-refractivity contribution is 0.318. The van der Waals surface area contributed by atoms with Gasteiger partial charge in [0.2, 0.25) is 0 Å². The molecular weight excluding hydrogens is 208 g/mol. The van der Waals surface area contributed by atoms with E-state index in [0.717, 1.165) is 0 Å². The van der Waals surface area contributed by atoms with Crippen LogP contribution in [-0.2, 0) is 0 Å². The van der Waals surface area contributed by atoms with E-state index in [1.807, 2.05) is 0 Å². The summed E-state index contributed by atoms with van der Waals surface area (Å²) in [6.07, 6.45) is 0. The van der Waals surface area contributed by atoms with Crippen LogP contribution in [0.2, 0.25) is 0 Å². The SMILES string of the molecule is C/C(=N\O)c1c(O)c2ccccc2[nH]c1=O. The van der Waals surface area contributed by atoms with Gasteiger partial charge in [-0.25, -0.2) is 0 Å². The zero-order chi connectivity index (χ0) is 11.7. The van der Waals surface area contributed by atoms with E-state index in [2.05, 4.69) is 10.1 Å². The second-order valence-electron chi connectivity index (χ2n) is 3.41. The van der Waals surface area contributed by atoms with Crippen LogP contribution in [0.15, 0.2) is 34.2 Å². The van der Waals surface area contributed by atoms with Gasteiger partial charge in [-0.2, -0.15) is 0 Å². The first-order valence-electron chi connectivity index (χ1n) is 4.68. The Balaban J connectivity index is 2.92. The van der Waals surface area contributed by atoms with E-state index in [1.54, 1.807) is 24.3 Å². The Bertz CT molecular complexity index is 629. The second kappa shape index (κ2) is 3.69. The summed E-state index contributed by atoms with van der Waals surface area (Å²) in [7, 11) is 0. The largest absolute Gasteiger partial charge is 0.506 e. The normalized spacial score (nSPS) is 11.9. The Morgan fingerprint density at radius 2 is 2.06 bits per heavy atom. The molecule has 0 atom stereocenters. The number of aromatic hydroxyl groups is 1. The summed E-state index contributed by atoms with van der Waals surface area (Å²) in [5, 5.41) is 22.0. The van der Waals surface area contributed by atoms with Crippen LogP contribution in [0.4, 0.5) is 0 Å². The molecule has 3 N–H and O–H groups in total. The molecule has 16 heavy (non-hydrogen) atoms. The van der Waals surface area contributed by atoms with Gasteiger partial charge in [0.15, 0.2) is 0 Å². The van der Waals surface area contributed by atoms with Crippen molar-refractivity contribution in [2.24, 2.45) is 5.16 Å². The van der Waals surface area contributed by atoms with Gasteiger partial charge in [0.05, 0.1) is 11.2 Å². The number of H-pyrrole nitrogens is 1. The maximum absolute atomic E-state index is 11.6. The van der Waals surface area contributed by atoms with Crippen molar-refractivity contribution in [3.63, 3.8) is 0 Å². The van der Waals surface area contributed by atoms with Crippen molar-refractivity contribution in [3.8, 4) is 5.75 Å². The number of aromatic nitrogens is 1. The lowest BCUT2D eigenvalue weighted by Crippen LogP contribution is -2.16. The van der Waals surface area contributed by atoms with Crippen molar-refractivity contribution in [1.82, 2.24) is 4.98 Å². The highest BCUT2D eigenvalue weighted by Crippen LogP contribution is 2.24. The summed E-state index contributed by atoms with van der Waals surface area (Å²) in [6.45, 7) is 1.44. The van der Waals surface area contributed by atoms with E-state index < -0.39 is 5.56 Å². The Morgan fingerprint density at radius 3 is 2.75 bits per heavy atom. The number of oxime groups is 1. The van der Waals surface area contributed by atoms with Gasteiger partial charge in [0.1, 0.15) is 11.3 Å². The van der Waals surface area contributed by atoms with E-state index >= 15 is 0 Å². The van der Waals surface area contributed by atoms with Gasteiger partial charge in [-0.05, 0) is 19.1 Å². The molecule has 5 nitrogen and oxygen atoms in total. The van der Waals surface area contributed by atoms with Crippen LogP contribution >= 0.6 is 0 Å². The molecule has 0 saturated carbocycles. The number of hydrogen-bond acceptors (Lipinski definition) is 4. The average Bonchev–Trinajstić information content (AvgIpc) is 2.28. The first-order valence-corrected chi connectivity index (χ1v) is 4.68. The predicted molar refractivity (Wildman–Crippen MR) is 60.2 cm³/mol. The smallest absolute Gasteiger partial charge is 0.261 e. The highest BCUT2D eigenvalue weighted by atomic mass is 16.4. The number of nitrogens with zero attached hydrogens (tertiary/aromatic N) is 1. The number of para-hydroxylation sites is 1. The quantitative estimate of drug-likeness (QED) is 0.384. The first-order chi connectivity index (χ1) is 7.65. The molecule has 1 aromatic heterocycles. The van der Waals surface area contributed by atoms with Gasteiger partial charge >= 0.3 is 0 Å². The van der Waals surface area contributed by atoms with Crippen LogP contribution in [0, 0.1) is 0 Å². The number of benzene rings is 1. The Kier molecular flexibility index (Phi) is 2.36. The van der Waals surface area contributed by atoms with Crippen molar-refractivity contribution < 1.29 is 10.3 Å². The summed E-state index contributed by atoms with van der Waals surface area (Å²) >= 11 is 0. The minimum absolute atomic E-state index is 0.0128. The molecule has 0 amide bonds. The second-order valence-corrected chi connectivity index (χ2v) is 3.41. The highest BCUT2D eigenvalue weighted by Gasteiger charge is 2.14. The number of pyridine rings is 1. The number of rotatable bonds is 1. The zero-order valence-corrected chi connectivity index (χ0v) is 8.56. The minimum Gasteiger partial charge on any atom is -0.506 e. The van der Waals surface area contributed by atoms with Gasteiger partial charge < -0.3 is 15.3 Å². The molecule has 0 spiro atoms. The third-order valence-corrected chi connectivity index (χ3v) is 2.41. The number of hydrogen-bond donors (Lipinski definition) is 3. The number of nitrogens with one attached hydrogen (secondary N) is 1. The molecule has 0 aliphatic rings. The molecule has 0 aliphatic heterocycles. The highest BCUT2D eigenvalue weighted by molar-refractivity contribution is 6.04. The Hall–Kier alpha value is -2.30. The van der Waals surface area contributed by atoms with Gasteiger partial charge in [-0.1, -0.05) is 17.3 Å². The van der Waals surface area contributed by atoms with Crippen LogP contribution in [0.3, 0.4) is 0 Å². The van der Waals surface area contributed by atoms with E-state index in [9.17, 15) is 9.90 Å². The monoisotopic (exact) mass is 218 g/mol. The van der Waals surface area contributed by atoms with Crippen molar-refractivity contribution in [3.05, 3.63) is 40.2 Å². The standard InChI is InChI=1S/C11H10N2O3/c1-6(13-16)9-10(14)7-4-2-3-5-8(7)12-11(9)15/h2-5,16H,1H3,(H2,12,14,15)/b13-6+. The molecule has 0 saturated heterocycles. The van der Waals surface area contributed by atoms with Crippen LogP contribution < -0.4 is 5.56 Å². The number of fused-ring (bicyclic) bond motifs is 1. The van der Waals surface area contributed by atoms with Crippen LogP contribution in [0.5, 0.6) is 5.75 Å². The summed E-state index contributed by atoms with van der Waals surface area (Å²) in [5.41, 5.74) is 0.122. The Morgan fingerprint density at radius 1 is 1.38 bits per heavy atom. The van der Waals surface area contributed by atoms with Gasteiger partial charge in [0, 0.05) is 5.39 Å². The van der Waals surface area contributed by atoms with Crippen molar-refractivity contribution >= 4 is 16.6 Å². The van der Waals surface area contributed by atoms with Crippen molar-refractivity contribution in [2.45, 2.75) is 6.92 Å². The molecule has 2 rings (SSSR count). The van der Waals surface area contributed by atoms with Crippen LogP contribution in [-0.4, -0.2) is 21.0 Å². The summed E-state index contributed by atoms with van der Waals surface area (Å²) in [6, 6.07) is 6.86. The summed E-state index contributed by atoms with van der Waals surface area (Å²) in [4.78, 5) is 14.3. The third-order valence-electron chi connectivity index (χ3n) is 2.41. The fraction of sp³-hybridized carbons (Fsp3) is 0.0909. The molecule has 0 aliphatic carbocycles. The summed E-state index contributed by atoms with van der Waals surface area (Å²) < 4.78 is 0. The molecular formula is C11H10N2O3. The predicted octanol–water partition coefficient (Wildman–Crippen LogP) is 1.43. The fourth-order valence-corrected chi connectivity index (χ4v) is 1.61. The van der Waals surface area contributed by atoms with Crippen LogP contribution in [0.25, 0.3) is 10.9 Å². The molecule has 0 bridgehead atoms. The molecule has 0 radical (unpaired) electrons. The van der Waals surface area contributed by atoms with E-state index in [0.29, 0.717) is 10.9 Å². The van der Waals surface area contributed by atoms with Crippen molar-refractivity contribution in [1.29, 1.82) is 0 Å². The first kappa shape index (κ1) is 10.2. The molecule has 1 heterocycles. The molecule has 0 fully saturated rings. The zero-order valence-electron chi connectivity index (χ0n) is 8.56. The number of aromatic amines is 1. The topological polar surface area (TPSA) is 85.7 Å². The van der Waals surface area contributed by atoms with Gasteiger partial charge in [-0.15, -0.1) is 0 Å². The maximum Gasteiger partial charge on any atom is 0.261 e. The van der Waals surface area contributed by atoms with Crippen molar-refractivity contribution in [2.75, 3.05) is 0 Å². The summed E-state index contributed by atoms with van der Waals surface area (Å²) in [5.74, 6) is -0.172. The minimum atomic E-state index is -0.480. The molecule has 2 aromatic rings. The Labute approximate surface area is 90.7 Å².